The second-order valence-corrected chi connectivity index (χ2v) is 8.57. The first kappa shape index (κ1) is 22.5. The molecule has 4 heteroatoms. The molecule has 0 spiro atoms. The van der Waals surface area contributed by atoms with Crippen LogP contribution in [0.15, 0.2) is 91.0 Å². The van der Waals surface area contributed by atoms with Crippen LogP contribution in [0.2, 0.25) is 0 Å². The lowest BCUT2D eigenvalue weighted by Crippen LogP contribution is -3.00. The fourth-order valence-electron chi connectivity index (χ4n) is 2.63. The third-order valence-electron chi connectivity index (χ3n) is 3.82. The van der Waals surface area contributed by atoms with Crippen LogP contribution < -0.4 is 70.0 Å². The molecule has 0 aromatic heterocycles. The largest absolute Gasteiger partial charge is 1.00 e. The molecule has 0 fully saturated rings. The first-order chi connectivity index (χ1) is 9.82. The first-order valence-electron chi connectivity index (χ1n) is 6.85. The van der Waals surface area contributed by atoms with Gasteiger partial charge in [0.15, 0.2) is 0 Å². The third kappa shape index (κ3) is 4.75. The molecular formula is C19H22I2NP. The molecule has 0 heterocycles. The number of hydrogen-bond donors (Lipinski definition) is 1. The van der Waals surface area contributed by atoms with Crippen molar-refractivity contribution in [2.45, 2.75) is 0 Å². The van der Waals surface area contributed by atoms with Gasteiger partial charge in [0.1, 0.15) is 23.2 Å². The summed E-state index contributed by atoms with van der Waals surface area (Å²) in [5.41, 5.74) is 0. The van der Waals surface area contributed by atoms with Gasteiger partial charge in [-0.05, 0) is 36.4 Å². The Morgan fingerprint density at radius 3 is 0.913 bits per heavy atom. The fourth-order valence-corrected chi connectivity index (χ4v) is 5.83. The minimum Gasteiger partial charge on any atom is -1.00 e. The Balaban J connectivity index is 0.00000161. The molecule has 0 aliphatic rings. The molecule has 0 atom stereocenters. The number of halogens is 2. The number of quaternary nitrogens is 1. The highest BCUT2D eigenvalue weighted by molar-refractivity contribution is 7.95. The molecule has 0 aliphatic heterocycles. The SMILES string of the molecule is C[P+](c1ccccc1)(c1ccccc1)c1ccccc1.[I-].[I-].[NH4+]. The van der Waals surface area contributed by atoms with Gasteiger partial charge in [0.25, 0.3) is 0 Å². The fraction of sp³-hybridized carbons (Fsp3) is 0.0526. The van der Waals surface area contributed by atoms with Crippen LogP contribution in [0.25, 0.3) is 0 Å². The van der Waals surface area contributed by atoms with E-state index in [1.54, 1.807) is 0 Å². The summed E-state index contributed by atoms with van der Waals surface area (Å²) in [6.07, 6.45) is 0. The Hall–Kier alpha value is -0.490. The Labute approximate surface area is 173 Å². The Morgan fingerprint density at radius 2 is 0.696 bits per heavy atom. The van der Waals surface area contributed by atoms with E-state index in [9.17, 15) is 0 Å². The molecule has 0 bridgehead atoms. The van der Waals surface area contributed by atoms with E-state index in [0.29, 0.717) is 0 Å². The maximum absolute atomic E-state index is 2.41. The second kappa shape index (κ2) is 10.4. The zero-order valence-corrected chi connectivity index (χ0v) is 18.6. The molecule has 0 unspecified atom stereocenters. The molecule has 3 aromatic carbocycles. The maximum atomic E-state index is 2.41. The average molecular weight is 549 g/mol. The number of rotatable bonds is 3. The normalized spacial score (nSPS) is 9.78. The molecule has 0 saturated carbocycles. The van der Waals surface area contributed by atoms with E-state index >= 15 is 0 Å². The summed E-state index contributed by atoms with van der Waals surface area (Å²) in [5, 5.41) is 4.28. The van der Waals surface area contributed by atoms with E-state index in [0.717, 1.165) is 0 Å². The lowest BCUT2D eigenvalue weighted by Gasteiger charge is -2.22. The van der Waals surface area contributed by atoms with E-state index in [2.05, 4.69) is 97.7 Å². The van der Waals surface area contributed by atoms with E-state index in [-0.39, 0.29) is 54.1 Å². The van der Waals surface area contributed by atoms with Crippen LogP contribution in [0.4, 0.5) is 0 Å². The van der Waals surface area contributed by atoms with Crippen LogP contribution in [0.1, 0.15) is 0 Å². The lowest BCUT2D eigenvalue weighted by molar-refractivity contribution is -0.00100. The molecule has 0 amide bonds. The molecule has 3 rings (SSSR count). The van der Waals surface area contributed by atoms with Gasteiger partial charge in [0.2, 0.25) is 0 Å². The second-order valence-electron chi connectivity index (χ2n) is 5.01. The van der Waals surface area contributed by atoms with Crippen LogP contribution in [-0.4, -0.2) is 6.66 Å². The predicted molar refractivity (Wildman–Crippen MR) is 97.1 cm³/mol. The van der Waals surface area contributed by atoms with Gasteiger partial charge in [0.05, 0.1) is 6.66 Å². The molecule has 23 heavy (non-hydrogen) atoms. The smallest absolute Gasteiger partial charge is 0.109 e. The average Bonchev–Trinajstić information content (AvgIpc) is 2.56. The van der Waals surface area contributed by atoms with Crippen molar-refractivity contribution in [1.82, 2.24) is 6.15 Å². The highest BCUT2D eigenvalue weighted by atomic mass is 127. The van der Waals surface area contributed by atoms with Crippen LogP contribution in [-0.2, 0) is 0 Å². The van der Waals surface area contributed by atoms with Crippen molar-refractivity contribution < 1.29 is 48.0 Å². The van der Waals surface area contributed by atoms with Gasteiger partial charge in [0, 0.05) is 0 Å². The molecule has 1 nitrogen and oxygen atoms in total. The van der Waals surface area contributed by atoms with Crippen molar-refractivity contribution >= 4 is 23.2 Å². The summed E-state index contributed by atoms with van der Waals surface area (Å²) in [4.78, 5) is 0. The Bertz CT molecular complexity index is 579. The zero-order valence-electron chi connectivity index (χ0n) is 13.4. The monoisotopic (exact) mass is 549 g/mol. The van der Waals surface area contributed by atoms with Gasteiger partial charge in [-0.15, -0.1) is 0 Å². The van der Waals surface area contributed by atoms with E-state index in [4.69, 9.17) is 0 Å². The molecular weight excluding hydrogens is 527 g/mol. The molecule has 0 saturated heterocycles. The molecule has 3 aromatic rings. The summed E-state index contributed by atoms with van der Waals surface area (Å²) in [6.45, 7) is 2.41. The lowest BCUT2D eigenvalue weighted by atomic mass is 10.4. The molecule has 122 valence electrons. The number of hydrogen-bond acceptors (Lipinski definition) is 0. The molecule has 0 radical (unpaired) electrons. The Kier molecular flexibility index (Phi) is 10.2. The van der Waals surface area contributed by atoms with Gasteiger partial charge >= 0.3 is 0 Å². The van der Waals surface area contributed by atoms with Crippen molar-refractivity contribution in [3.63, 3.8) is 0 Å². The number of benzene rings is 3. The topological polar surface area (TPSA) is 36.5 Å². The summed E-state index contributed by atoms with van der Waals surface area (Å²) < 4.78 is 0. The van der Waals surface area contributed by atoms with Crippen molar-refractivity contribution in [3.05, 3.63) is 91.0 Å². The quantitative estimate of drug-likeness (QED) is 0.290. The minimum absolute atomic E-state index is 0. The summed E-state index contributed by atoms with van der Waals surface area (Å²) in [6, 6.07) is 32.6. The van der Waals surface area contributed by atoms with Gasteiger partial charge < -0.3 is 54.1 Å². The predicted octanol–water partition coefficient (Wildman–Crippen LogP) is -2.01. The van der Waals surface area contributed by atoms with E-state index in [1.165, 1.54) is 15.9 Å². The molecule has 4 N–H and O–H groups in total. The summed E-state index contributed by atoms with van der Waals surface area (Å²) in [5.74, 6) is 0. The summed E-state index contributed by atoms with van der Waals surface area (Å²) >= 11 is 0. The maximum Gasteiger partial charge on any atom is 0.109 e. The Morgan fingerprint density at radius 1 is 0.478 bits per heavy atom. The van der Waals surface area contributed by atoms with Crippen molar-refractivity contribution in [2.24, 2.45) is 0 Å². The molecule has 0 aliphatic carbocycles. The van der Waals surface area contributed by atoms with Gasteiger partial charge in [-0.3, -0.25) is 0 Å². The van der Waals surface area contributed by atoms with E-state index < -0.39 is 7.26 Å². The first-order valence-corrected chi connectivity index (χ1v) is 9.09. The highest BCUT2D eigenvalue weighted by Gasteiger charge is 2.39. The standard InChI is InChI=1S/C19H18P.2HI.H3N/c1-20(17-11-5-2-6-12-17,18-13-7-3-8-14-18)19-15-9-4-10-16-19;;;/h2-16H,1H3;2*1H;1H3/q+1;;;/p-1. The van der Waals surface area contributed by atoms with Gasteiger partial charge in [-0.2, -0.15) is 0 Å². The highest BCUT2D eigenvalue weighted by Crippen LogP contribution is 2.51. The van der Waals surface area contributed by atoms with Crippen molar-refractivity contribution in [3.8, 4) is 0 Å². The van der Waals surface area contributed by atoms with Crippen LogP contribution in [0.3, 0.4) is 0 Å². The third-order valence-corrected chi connectivity index (χ3v) is 7.81. The zero-order chi connectivity index (χ0) is 13.8. The summed E-state index contributed by atoms with van der Waals surface area (Å²) in [7, 11) is -1.53. The van der Waals surface area contributed by atoms with Crippen LogP contribution in [0, 0.1) is 0 Å². The van der Waals surface area contributed by atoms with Gasteiger partial charge in [-0.1, -0.05) is 54.6 Å². The van der Waals surface area contributed by atoms with Crippen LogP contribution in [0.5, 0.6) is 0 Å². The van der Waals surface area contributed by atoms with E-state index in [1.807, 2.05) is 0 Å². The van der Waals surface area contributed by atoms with Gasteiger partial charge in [-0.25, -0.2) is 0 Å². The van der Waals surface area contributed by atoms with Crippen molar-refractivity contribution in [2.75, 3.05) is 6.66 Å². The van der Waals surface area contributed by atoms with Crippen molar-refractivity contribution in [1.29, 1.82) is 0 Å². The minimum atomic E-state index is -1.53. The van der Waals surface area contributed by atoms with Crippen LogP contribution >= 0.6 is 7.26 Å².